The fraction of sp³-hybridized carbons (Fsp3) is 0.826. The summed E-state index contributed by atoms with van der Waals surface area (Å²) < 4.78 is 0. The van der Waals surface area contributed by atoms with Gasteiger partial charge in [0.25, 0.3) is 0 Å². The molecule has 0 aromatic carbocycles. The molecule has 31 heavy (non-hydrogen) atoms. The largest absolute Gasteiger partial charge is 0.347 e. The Kier molecular flexibility index (Phi) is 10.4. The smallest absolute Gasteiger partial charge is 0.243 e. The molecule has 0 saturated carbocycles. The van der Waals surface area contributed by atoms with Gasteiger partial charge in [-0.1, -0.05) is 62.3 Å². The molecule has 3 atom stereocenters. The molecule has 8 heteroatoms. The summed E-state index contributed by atoms with van der Waals surface area (Å²) in [5, 5.41) is 8.13. The van der Waals surface area contributed by atoms with Crippen LogP contribution in [0.3, 0.4) is 0 Å². The Morgan fingerprint density at radius 1 is 0.710 bits per heavy atom. The first kappa shape index (κ1) is 29.0. The van der Waals surface area contributed by atoms with E-state index in [4.69, 9.17) is 5.73 Å². The van der Waals surface area contributed by atoms with E-state index in [1.165, 1.54) is 6.92 Å². The van der Waals surface area contributed by atoms with Gasteiger partial charge in [0.2, 0.25) is 17.7 Å². The highest BCUT2D eigenvalue weighted by Crippen LogP contribution is 2.24. The van der Waals surface area contributed by atoms with Crippen molar-refractivity contribution in [2.45, 2.75) is 100 Å². The number of ketones is 1. The van der Waals surface area contributed by atoms with Crippen molar-refractivity contribution in [3.8, 4) is 0 Å². The molecular formula is C23H44N4O4. The minimum atomic E-state index is -0.844. The lowest BCUT2D eigenvalue weighted by molar-refractivity contribution is -0.134. The molecule has 0 aliphatic rings. The minimum Gasteiger partial charge on any atom is -0.347 e. The van der Waals surface area contributed by atoms with Crippen LogP contribution < -0.4 is 21.7 Å². The molecule has 0 fully saturated rings. The lowest BCUT2D eigenvalue weighted by Crippen LogP contribution is -2.58. The molecular weight excluding hydrogens is 396 g/mol. The van der Waals surface area contributed by atoms with Gasteiger partial charge in [0, 0.05) is 0 Å². The zero-order chi connectivity index (χ0) is 24.8. The van der Waals surface area contributed by atoms with Crippen LogP contribution in [0.4, 0.5) is 0 Å². The van der Waals surface area contributed by atoms with Crippen LogP contribution in [0.2, 0.25) is 0 Å². The van der Waals surface area contributed by atoms with Crippen LogP contribution in [0.1, 0.15) is 82.1 Å². The highest BCUT2D eigenvalue weighted by molar-refractivity contribution is 5.94. The fourth-order valence-electron chi connectivity index (χ4n) is 2.91. The molecule has 0 aliphatic heterocycles. The first-order valence-electron chi connectivity index (χ1n) is 10.9. The highest BCUT2D eigenvalue weighted by Gasteiger charge is 2.34. The predicted octanol–water partition coefficient (Wildman–Crippen LogP) is 1.91. The Morgan fingerprint density at radius 2 is 1.10 bits per heavy atom. The van der Waals surface area contributed by atoms with E-state index >= 15 is 0 Å². The Labute approximate surface area is 187 Å². The van der Waals surface area contributed by atoms with Crippen molar-refractivity contribution >= 4 is 23.5 Å². The summed E-state index contributed by atoms with van der Waals surface area (Å²) in [4.78, 5) is 49.7. The average Bonchev–Trinajstić information content (AvgIpc) is 2.54. The molecule has 180 valence electrons. The van der Waals surface area contributed by atoms with Gasteiger partial charge in [-0.25, -0.2) is 0 Å². The second kappa shape index (κ2) is 11.1. The number of amides is 3. The van der Waals surface area contributed by atoms with E-state index in [2.05, 4.69) is 16.0 Å². The first-order valence-corrected chi connectivity index (χ1v) is 10.9. The van der Waals surface area contributed by atoms with Crippen LogP contribution in [-0.4, -0.2) is 48.2 Å². The Balaban J connectivity index is 5.62. The Bertz CT molecular complexity index is 654. The van der Waals surface area contributed by atoms with E-state index in [0.29, 0.717) is 12.8 Å². The second-order valence-corrected chi connectivity index (χ2v) is 11.9. The molecule has 0 heterocycles. The van der Waals surface area contributed by atoms with Gasteiger partial charge in [-0.05, 0) is 36.0 Å². The van der Waals surface area contributed by atoms with Crippen molar-refractivity contribution in [1.82, 2.24) is 16.0 Å². The highest BCUT2D eigenvalue weighted by atomic mass is 16.2. The molecule has 0 aliphatic carbocycles. The lowest BCUT2D eigenvalue weighted by Gasteiger charge is -2.32. The number of carbonyl (C=O) groups is 4. The molecule has 5 N–H and O–H groups in total. The summed E-state index contributed by atoms with van der Waals surface area (Å²) in [6.45, 7) is 18.6. The van der Waals surface area contributed by atoms with Crippen molar-refractivity contribution in [3.05, 3.63) is 0 Å². The summed E-state index contributed by atoms with van der Waals surface area (Å²) in [5.41, 5.74) is 5.10. The normalized spacial score (nSPS) is 15.5. The standard InChI is InChI=1S/C23H44N4O4/c1-14(28)13-25-18(29)15(11-21(2,3)4)26-19(30)16(12-22(5,6)7)27-20(31)17(24)23(8,9)10/h15-17H,11-13,24H2,1-10H3,(H,25,29)(H,26,30)(H,27,31)/t15-,16-,17?/m0/s1. The third-order valence-electron chi connectivity index (χ3n) is 4.63. The van der Waals surface area contributed by atoms with Gasteiger partial charge < -0.3 is 21.7 Å². The number of nitrogens with one attached hydrogen (secondary N) is 3. The van der Waals surface area contributed by atoms with Gasteiger partial charge in [-0.15, -0.1) is 0 Å². The van der Waals surface area contributed by atoms with Crippen LogP contribution in [0.5, 0.6) is 0 Å². The topological polar surface area (TPSA) is 130 Å². The van der Waals surface area contributed by atoms with Crippen LogP contribution in [0.15, 0.2) is 0 Å². The molecule has 0 rings (SSSR count). The van der Waals surface area contributed by atoms with E-state index < -0.39 is 41.3 Å². The molecule has 0 saturated heterocycles. The maximum atomic E-state index is 13.2. The molecule has 1 unspecified atom stereocenters. The van der Waals surface area contributed by atoms with E-state index in [9.17, 15) is 19.2 Å². The van der Waals surface area contributed by atoms with Gasteiger partial charge >= 0.3 is 0 Å². The van der Waals surface area contributed by atoms with Crippen molar-refractivity contribution in [2.24, 2.45) is 22.0 Å². The number of Topliss-reactive ketones (excluding diaryl/α,β-unsaturated/α-hetero) is 1. The van der Waals surface area contributed by atoms with Crippen LogP contribution in [0, 0.1) is 16.2 Å². The zero-order valence-electron chi connectivity index (χ0n) is 21.1. The third kappa shape index (κ3) is 12.5. The summed E-state index contributed by atoms with van der Waals surface area (Å²) in [6.07, 6.45) is 0.749. The van der Waals surface area contributed by atoms with E-state index in [1.54, 1.807) is 0 Å². The third-order valence-corrected chi connectivity index (χ3v) is 4.63. The van der Waals surface area contributed by atoms with Crippen LogP contribution >= 0.6 is 0 Å². The van der Waals surface area contributed by atoms with E-state index in [0.717, 1.165) is 0 Å². The maximum Gasteiger partial charge on any atom is 0.243 e. The van der Waals surface area contributed by atoms with Crippen LogP contribution in [0.25, 0.3) is 0 Å². The average molecular weight is 441 g/mol. The molecule has 8 nitrogen and oxygen atoms in total. The molecule has 0 radical (unpaired) electrons. The first-order chi connectivity index (χ1) is 13.7. The van der Waals surface area contributed by atoms with Crippen molar-refractivity contribution in [3.63, 3.8) is 0 Å². The number of rotatable bonds is 9. The number of hydrogen-bond donors (Lipinski definition) is 4. The molecule has 0 bridgehead atoms. The zero-order valence-corrected chi connectivity index (χ0v) is 21.1. The summed E-state index contributed by atoms with van der Waals surface area (Å²) in [5.74, 6) is -1.46. The lowest BCUT2D eigenvalue weighted by atomic mass is 9.84. The quantitative estimate of drug-likeness (QED) is 0.435. The number of nitrogens with two attached hydrogens (primary N) is 1. The molecule has 0 aromatic rings. The van der Waals surface area contributed by atoms with Gasteiger partial charge in [0.1, 0.15) is 17.9 Å². The molecule has 0 spiro atoms. The molecule has 3 amide bonds. The van der Waals surface area contributed by atoms with Crippen molar-refractivity contribution < 1.29 is 19.2 Å². The Morgan fingerprint density at radius 3 is 1.45 bits per heavy atom. The fourth-order valence-corrected chi connectivity index (χ4v) is 2.91. The number of carbonyl (C=O) groups excluding carboxylic acids is 4. The van der Waals surface area contributed by atoms with Crippen LogP contribution in [-0.2, 0) is 19.2 Å². The minimum absolute atomic E-state index is 0.0993. The van der Waals surface area contributed by atoms with Gasteiger partial charge in [0.15, 0.2) is 0 Å². The second-order valence-electron chi connectivity index (χ2n) is 11.9. The maximum absolute atomic E-state index is 13.2. The van der Waals surface area contributed by atoms with Gasteiger partial charge in [-0.2, -0.15) is 0 Å². The van der Waals surface area contributed by atoms with E-state index in [-0.39, 0.29) is 23.2 Å². The van der Waals surface area contributed by atoms with Crippen molar-refractivity contribution in [2.75, 3.05) is 6.54 Å². The van der Waals surface area contributed by atoms with Gasteiger partial charge in [-0.3, -0.25) is 19.2 Å². The predicted molar refractivity (Wildman–Crippen MR) is 123 cm³/mol. The van der Waals surface area contributed by atoms with E-state index in [1.807, 2.05) is 62.3 Å². The Hall–Kier alpha value is -1.96. The molecule has 0 aromatic heterocycles. The summed E-state index contributed by atoms with van der Waals surface area (Å²) in [6, 6.07) is -2.46. The number of hydrogen-bond acceptors (Lipinski definition) is 5. The van der Waals surface area contributed by atoms with Gasteiger partial charge in [0.05, 0.1) is 12.6 Å². The summed E-state index contributed by atoms with van der Waals surface area (Å²) >= 11 is 0. The SMILES string of the molecule is CC(=O)CNC(=O)[C@H](CC(C)(C)C)NC(=O)[C@H](CC(C)(C)C)NC(=O)C(N)C(C)(C)C. The van der Waals surface area contributed by atoms with Crippen molar-refractivity contribution in [1.29, 1.82) is 0 Å². The monoisotopic (exact) mass is 440 g/mol. The summed E-state index contributed by atoms with van der Waals surface area (Å²) in [7, 11) is 0.